The normalized spacial score (nSPS) is 18.6. The molecule has 2 fully saturated rings. The number of hydrogen-bond acceptors (Lipinski definition) is 7. The number of halogens is 2. The molecule has 2 aliphatic heterocycles. The average Bonchev–Trinajstić information content (AvgIpc) is 2.73. The SMILES string of the molecule is COc1cc(CN2CCN(C(=O)C3(N)CCOCC3)CC2)cc(OC)c1OC.Cl.Cl. The molecule has 3 rings (SSSR count). The zero-order valence-corrected chi connectivity index (χ0v) is 19.5. The lowest BCUT2D eigenvalue weighted by Crippen LogP contribution is -2.61. The lowest BCUT2D eigenvalue weighted by Gasteiger charge is -2.41. The number of nitrogens with two attached hydrogens (primary N) is 1. The van der Waals surface area contributed by atoms with Gasteiger partial charge in [-0.25, -0.2) is 0 Å². The van der Waals surface area contributed by atoms with Crippen LogP contribution in [0.2, 0.25) is 0 Å². The van der Waals surface area contributed by atoms with E-state index < -0.39 is 5.54 Å². The number of ether oxygens (including phenoxy) is 4. The van der Waals surface area contributed by atoms with E-state index in [1.807, 2.05) is 17.0 Å². The molecule has 2 saturated heterocycles. The summed E-state index contributed by atoms with van der Waals surface area (Å²) in [5.41, 5.74) is 6.67. The number of hydrogen-bond donors (Lipinski definition) is 1. The van der Waals surface area contributed by atoms with Gasteiger partial charge in [-0.15, -0.1) is 24.8 Å². The molecule has 10 heteroatoms. The fourth-order valence-electron chi connectivity index (χ4n) is 3.86. The Morgan fingerprint density at radius 2 is 1.53 bits per heavy atom. The summed E-state index contributed by atoms with van der Waals surface area (Å²) in [6, 6.07) is 3.94. The maximum Gasteiger partial charge on any atom is 0.242 e. The van der Waals surface area contributed by atoms with Crippen molar-refractivity contribution in [2.45, 2.75) is 24.9 Å². The third kappa shape index (κ3) is 5.82. The quantitative estimate of drug-likeness (QED) is 0.683. The Morgan fingerprint density at radius 3 is 2.00 bits per heavy atom. The fourth-order valence-corrected chi connectivity index (χ4v) is 3.86. The predicted octanol–water partition coefficient (Wildman–Crippen LogP) is 1.71. The summed E-state index contributed by atoms with van der Waals surface area (Å²) < 4.78 is 21.6. The van der Waals surface area contributed by atoms with Crippen LogP contribution in [0.3, 0.4) is 0 Å². The van der Waals surface area contributed by atoms with Gasteiger partial charge in [0.1, 0.15) is 0 Å². The monoisotopic (exact) mass is 465 g/mol. The van der Waals surface area contributed by atoms with E-state index in [-0.39, 0.29) is 30.7 Å². The summed E-state index contributed by atoms with van der Waals surface area (Å²) in [6.07, 6.45) is 1.19. The third-order valence-corrected chi connectivity index (χ3v) is 5.60. The van der Waals surface area contributed by atoms with Crippen LogP contribution in [0.5, 0.6) is 17.2 Å². The van der Waals surface area contributed by atoms with Gasteiger partial charge in [-0.3, -0.25) is 9.69 Å². The summed E-state index contributed by atoms with van der Waals surface area (Å²) >= 11 is 0. The van der Waals surface area contributed by atoms with Crippen LogP contribution in [0.1, 0.15) is 18.4 Å². The molecule has 172 valence electrons. The molecule has 0 spiro atoms. The van der Waals surface area contributed by atoms with E-state index in [4.69, 9.17) is 24.7 Å². The minimum absolute atomic E-state index is 0. The van der Waals surface area contributed by atoms with Crippen molar-refractivity contribution in [3.63, 3.8) is 0 Å². The van der Waals surface area contributed by atoms with Crippen LogP contribution in [0.15, 0.2) is 12.1 Å². The van der Waals surface area contributed by atoms with E-state index in [1.165, 1.54) is 0 Å². The van der Waals surface area contributed by atoms with Crippen LogP contribution < -0.4 is 19.9 Å². The van der Waals surface area contributed by atoms with Crippen LogP contribution in [0, 0.1) is 0 Å². The molecular formula is C20H33Cl2N3O5. The number of rotatable bonds is 6. The van der Waals surface area contributed by atoms with Crippen molar-refractivity contribution in [3.05, 3.63) is 17.7 Å². The highest BCUT2D eigenvalue weighted by Gasteiger charge is 2.39. The van der Waals surface area contributed by atoms with Crippen molar-refractivity contribution < 1.29 is 23.7 Å². The number of benzene rings is 1. The molecule has 2 N–H and O–H groups in total. The van der Waals surface area contributed by atoms with Gasteiger partial charge < -0.3 is 29.6 Å². The van der Waals surface area contributed by atoms with Gasteiger partial charge in [0.25, 0.3) is 0 Å². The standard InChI is InChI=1S/C20H31N3O5.2ClH/c1-25-16-12-15(13-17(26-2)18(16)27-3)14-22-6-8-23(9-7-22)19(24)20(21)4-10-28-11-5-20;;/h12-13H,4-11,14,21H2,1-3H3;2*1H. The topological polar surface area (TPSA) is 86.5 Å². The van der Waals surface area contributed by atoms with Crippen LogP contribution in [0.25, 0.3) is 0 Å². The van der Waals surface area contributed by atoms with Gasteiger partial charge in [0.2, 0.25) is 11.7 Å². The maximum absolute atomic E-state index is 12.9. The largest absolute Gasteiger partial charge is 0.493 e. The van der Waals surface area contributed by atoms with Crippen LogP contribution in [-0.2, 0) is 16.1 Å². The van der Waals surface area contributed by atoms with Crippen LogP contribution in [0.4, 0.5) is 0 Å². The van der Waals surface area contributed by atoms with Crippen molar-refractivity contribution in [1.82, 2.24) is 9.80 Å². The Kier molecular flexibility index (Phi) is 10.5. The second-order valence-electron chi connectivity index (χ2n) is 7.37. The van der Waals surface area contributed by atoms with E-state index >= 15 is 0 Å². The molecular weight excluding hydrogens is 433 g/mol. The number of carbonyl (C=O) groups excluding carboxylic acids is 1. The van der Waals surface area contributed by atoms with Gasteiger partial charge in [0.05, 0.1) is 26.9 Å². The number of piperazine rings is 1. The zero-order chi connectivity index (χ0) is 20.1. The van der Waals surface area contributed by atoms with Crippen molar-refractivity contribution in [1.29, 1.82) is 0 Å². The Labute approximate surface area is 190 Å². The Balaban J connectivity index is 0.00000225. The van der Waals surface area contributed by atoms with E-state index in [9.17, 15) is 4.79 Å². The molecule has 2 aliphatic rings. The zero-order valence-electron chi connectivity index (χ0n) is 17.8. The molecule has 0 atom stereocenters. The molecule has 0 saturated carbocycles. The summed E-state index contributed by atoms with van der Waals surface area (Å²) in [5.74, 6) is 1.95. The highest BCUT2D eigenvalue weighted by atomic mass is 35.5. The number of nitrogens with zero attached hydrogens (tertiary/aromatic N) is 2. The molecule has 0 aromatic heterocycles. The minimum atomic E-state index is -0.767. The first-order chi connectivity index (χ1) is 13.5. The average molecular weight is 466 g/mol. The molecule has 30 heavy (non-hydrogen) atoms. The van der Waals surface area contributed by atoms with Crippen molar-refractivity contribution in [3.8, 4) is 17.2 Å². The lowest BCUT2D eigenvalue weighted by molar-refractivity contribution is -0.142. The highest BCUT2D eigenvalue weighted by molar-refractivity contribution is 5.86. The third-order valence-electron chi connectivity index (χ3n) is 5.60. The van der Waals surface area contributed by atoms with Gasteiger partial charge in [0, 0.05) is 45.9 Å². The minimum Gasteiger partial charge on any atom is -0.493 e. The van der Waals surface area contributed by atoms with E-state index in [1.54, 1.807) is 21.3 Å². The van der Waals surface area contributed by atoms with Crippen molar-refractivity contribution in [2.24, 2.45) is 5.73 Å². The van der Waals surface area contributed by atoms with Crippen LogP contribution in [-0.4, -0.2) is 82.0 Å². The number of carbonyl (C=O) groups is 1. The molecule has 1 aromatic carbocycles. The Hall–Kier alpha value is -1.45. The van der Waals surface area contributed by atoms with Gasteiger partial charge in [-0.1, -0.05) is 0 Å². The Bertz CT molecular complexity index is 668. The summed E-state index contributed by atoms with van der Waals surface area (Å²) in [5, 5.41) is 0. The van der Waals surface area contributed by atoms with E-state index in [0.717, 1.165) is 25.2 Å². The van der Waals surface area contributed by atoms with E-state index in [2.05, 4.69) is 4.90 Å². The smallest absolute Gasteiger partial charge is 0.242 e. The van der Waals surface area contributed by atoms with Gasteiger partial charge in [-0.05, 0) is 30.5 Å². The first kappa shape index (κ1) is 26.6. The summed E-state index contributed by atoms with van der Waals surface area (Å²) in [4.78, 5) is 17.1. The highest BCUT2D eigenvalue weighted by Crippen LogP contribution is 2.38. The molecule has 0 bridgehead atoms. The van der Waals surface area contributed by atoms with Crippen molar-refractivity contribution in [2.75, 3.05) is 60.7 Å². The second-order valence-corrected chi connectivity index (χ2v) is 7.37. The Morgan fingerprint density at radius 1 is 1.00 bits per heavy atom. The van der Waals surface area contributed by atoms with Gasteiger partial charge in [-0.2, -0.15) is 0 Å². The summed E-state index contributed by atoms with van der Waals surface area (Å²) in [7, 11) is 4.83. The maximum atomic E-state index is 12.9. The number of methoxy groups -OCH3 is 3. The molecule has 8 nitrogen and oxygen atoms in total. The predicted molar refractivity (Wildman–Crippen MR) is 119 cm³/mol. The van der Waals surface area contributed by atoms with Crippen molar-refractivity contribution >= 4 is 30.7 Å². The molecule has 2 heterocycles. The summed E-state index contributed by atoms with van der Waals surface area (Å²) in [6.45, 7) is 4.84. The molecule has 1 amide bonds. The number of amides is 1. The molecule has 1 aromatic rings. The molecule has 0 aliphatic carbocycles. The van der Waals surface area contributed by atoms with Gasteiger partial charge >= 0.3 is 0 Å². The van der Waals surface area contributed by atoms with E-state index in [0.29, 0.717) is 56.4 Å². The first-order valence-electron chi connectivity index (χ1n) is 9.68. The molecule has 0 radical (unpaired) electrons. The van der Waals surface area contributed by atoms with Gasteiger partial charge in [0.15, 0.2) is 11.5 Å². The molecule has 0 unspecified atom stereocenters. The first-order valence-corrected chi connectivity index (χ1v) is 9.68. The fraction of sp³-hybridized carbons (Fsp3) is 0.650. The second kappa shape index (κ2) is 11.8. The van der Waals surface area contributed by atoms with Crippen LogP contribution >= 0.6 is 24.8 Å². The lowest BCUT2D eigenvalue weighted by atomic mass is 9.89.